The average Bonchev–Trinajstić information content (AvgIpc) is 4.03. The van der Waals surface area contributed by atoms with Crippen molar-refractivity contribution in [3.63, 3.8) is 0 Å². The van der Waals surface area contributed by atoms with Crippen molar-refractivity contribution in [3.8, 4) is 33.4 Å². The van der Waals surface area contributed by atoms with E-state index in [1.165, 1.54) is 133 Å². The molecule has 3 nitrogen and oxygen atoms in total. The van der Waals surface area contributed by atoms with Crippen molar-refractivity contribution in [2.45, 2.75) is 45.4 Å². The van der Waals surface area contributed by atoms with Crippen LogP contribution in [0.2, 0.25) is 0 Å². The van der Waals surface area contributed by atoms with Crippen LogP contribution >= 0.6 is 11.3 Å². The number of thiophene rings is 1. The van der Waals surface area contributed by atoms with Gasteiger partial charge in [-0.2, -0.15) is 0 Å². The van der Waals surface area contributed by atoms with E-state index in [1.54, 1.807) is 0 Å². The zero-order valence-electron chi connectivity index (χ0n) is 34.9. The fourth-order valence-corrected chi connectivity index (χ4v) is 13.0. The molecule has 0 fully saturated rings. The van der Waals surface area contributed by atoms with E-state index >= 15 is 0 Å². The highest BCUT2D eigenvalue weighted by molar-refractivity contribution is 7.26. The highest BCUT2D eigenvalue weighted by atomic mass is 32.1. The maximum atomic E-state index is 7.09. The molecule has 2 aliphatic heterocycles. The molecule has 14 rings (SSSR count). The Labute approximate surface area is 364 Å². The molecule has 0 N–H and O–H groups in total. The number of furan rings is 1. The second-order valence-corrected chi connectivity index (χ2v) is 19.3. The number of rotatable bonds is 5. The summed E-state index contributed by atoms with van der Waals surface area (Å²) < 4.78 is 12.3. The summed E-state index contributed by atoms with van der Waals surface area (Å²) in [4.78, 5) is 2.65. The minimum absolute atomic E-state index is 0.140. The SMILES string of the molecule is CCCCc1ccc(N2c3cc4sc5ccccc5c4cc3B3c4c2cc2c(c4-c4cccc5c6c7ccccc7oc6n3c45)C(C)(C)c3ccccc3-2)c(-c2ccccc2)c1. The van der Waals surface area contributed by atoms with Crippen molar-refractivity contribution in [2.75, 3.05) is 4.90 Å². The molecule has 3 aromatic heterocycles. The second kappa shape index (κ2) is 12.4. The zero-order chi connectivity index (χ0) is 41.0. The van der Waals surface area contributed by atoms with Crippen LogP contribution in [0, 0.1) is 0 Å². The smallest absolute Gasteiger partial charge is 0.336 e. The number of benzene rings is 8. The summed E-state index contributed by atoms with van der Waals surface area (Å²) in [7, 11) is 0. The first kappa shape index (κ1) is 34.8. The minimum atomic E-state index is -0.224. The minimum Gasteiger partial charge on any atom is -0.441 e. The lowest BCUT2D eigenvalue weighted by Gasteiger charge is -2.42. The van der Waals surface area contributed by atoms with Gasteiger partial charge in [0, 0.05) is 64.4 Å². The molecule has 0 unspecified atom stereocenters. The standard InChI is InChI=1S/C57H41BN2OS/c1-4-5-16-33-27-28-45(40(29-33)34-17-7-6-8-18-34)59-46-32-50-41(36-20-11-14-26-49(36)62-50)30-44(46)58-54-47(59)31-42-35-19-9-12-24-43(35)57(2,3)53(42)52(54)39-23-15-22-38-51-37-21-10-13-25-48(37)61-56(51)60(58)55(38)39/h6-15,17-32H,4-5,16H2,1-3H3. The van der Waals surface area contributed by atoms with Gasteiger partial charge in [0.25, 0.3) is 0 Å². The van der Waals surface area contributed by atoms with Crippen LogP contribution < -0.4 is 15.8 Å². The van der Waals surface area contributed by atoms with Gasteiger partial charge < -0.3 is 13.8 Å². The van der Waals surface area contributed by atoms with Crippen molar-refractivity contribution in [3.05, 3.63) is 174 Å². The van der Waals surface area contributed by atoms with E-state index < -0.39 is 0 Å². The molecule has 0 atom stereocenters. The van der Waals surface area contributed by atoms with Gasteiger partial charge in [-0.3, -0.25) is 0 Å². The number of anilines is 3. The van der Waals surface area contributed by atoms with Crippen LogP contribution in [0.25, 0.3) is 86.5 Å². The number of hydrogen-bond donors (Lipinski definition) is 0. The Morgan fingerprint density at radius 3 is 2.27 bits per heavy atom. The van der Waals surface area contributed by atoms with Crippen molar-refractivity contribution >= 4 is 99.3 Å². The molecule has 11 aromatic rings. The summed E-state index contributed by atoms with van der Waals surface area (Å²) >= 11 is 1.90. The molecule has 5 heterocycles. The molecule has 294 valence electrons. The Morgan fingerprint density at radius 1 is 0.613 bits per heavy atom. The molecule has 1 aliphatic carbocycles. The Morgan fingerprint density at radius 2 is 1.39 bits per heavy atom. The average molecular weight is 813 g/mol. The summed E-state index contributed by atoms with van der Waals surface area (Å²) in [5, 5.41) is 6.24. The topological polar surface area (TPSA) is 21.3 Å². The quantitative estimate of drug-likeness (QED) is 0.161. The lowest BCUT2D eigenvalue weighted by molar-refractivity contribution is 0.650. The second-order valence-electron chi connectivity index (χ2n) is 18.2. The lowest BCUT2D eigenvalue weighted by Crippen LogP contribution is -2.57. The third-order valence-corrected chi connectivity index (χ3v) is 15.6. The molecule has 0 spiro atoms. The summed E-state index contributed by atoms with van der Waals surface area (Å²) in [5.74, 6) is 0. The van der Waals surface area contributed by atoms with Gasteiger partial charge in [-0.05, 0) is 99.1 Å². The predicted octanol–water partition coefficient (Wildman–Crippen LogP) is 14.6. The molecule has 0 saturated heterocycles. The lowest BCUT2D eigenvalue weighted by atomic mass is 9.44. The Bertz CT molecular complexity index is 3740. The monoisotopic (exact) mass is 812 g/mol. The van der Waals surface area contributed by atoms with Crippen molar-refractivity contribution in [1.29, 1.82) is 0 Å². The van der Waals surface area contributed by atoms with Crippen LogP contribution in [0.3, 0.4) is 0 Å². The normalized spacial score (nSPS) is 14.3. The number of hydrogen-bond acceptors (Lipinski definition) is 3. The van der Waals surface area contributed by atoms with E-state index in [-0.39, 0.29) is 12.3 Å². The Kier molecular flexibility index (Phi) is 6.97. The van der Waals surface area contributed by atoms with Crippen molar-refractivity contribution in [1.82, 2.24) is 4.48 Å². The van der Waals surface area contributed by atoms with Gasteiger partial charge in [0.2, 0.25) is 0 Å². The molecule has 0 saturated carbocycles. The van der Waals surface area contributed by atoms with Crippen LogP contribution in [-0.4, -0.2) is 11.3 Å². The Balaban J connectivity index is 1.19. The van der Waals surface area contributed by atoms with Gasteiger partial charge in [-0.1, -0.05) is 149 Å². The number of nitrogens with zero attached hydrogens (tertiary/aromatic N) is 2. The van der Waals surface area contributed by atoms with Gasteiger partial charge in [0.05, 0.1) is 11.1 Å². The maximum absolute atomic E-state index is 7.09. The first-order valence-electron chi connectivity index (χ1n) is 22.2. The molecule has 5 heteroatoms. The van der Waals surface area contributed by atoms with Crippen molar-refractivity contribution < 1.29 is 4.42 Å². The number of fused-ring (bicyclic) bond motifs is 16. The van der Waals surface area contributed by atoms with E-state index in [1.807, 2.05) is 11.3 Å². The first-order chi connectivity index (χ1) is 30.5. The molecule has 8 aromatic carbocycles. The van der Waals surface area contributed by atoms with Crippen LogP contribution in [0.4, 0.5) is 17.1 Å². The highest BCUT2D eigenvalue weighted by Crippen LogP contribution is 2.58. The third-order valence-electron chi connectivity index (χ3n) is 14.5. The summed E-state index contributed by atoms with van der Waals surface area (Å²) in [6.07, 6.45) is 3.39. The molecule has 0 amide bonds. The van der Waals surface area contributed by atoms with Crippen LogP contribution in [0.5, 0.6) is 0 Å². The van der Waals surface area contributed by atoms with Crippen molar-refractivity contribution in [2.24, 2.45) is 0 Å². The maximum Gasteiger partial charge on any atom is 0.336 e. The number of aryl methyl sites for hydroxylation is 1. The molecule has 62 heavy (non-hydrogen) atoms. The summed E-state index contributed by atoms with van der Waals surface area (Å²) in [6.45, 7) is 7.04. The first-order valence-corrected chi connectivity index (χ1v) is 23.0. The molecule has 3 aliphatic rings. The number of para-hydroxylation sites is 2. The Hall–Kier alpha value is -6.82. The summed E-state index contributed by atoms with van der Waals surface area (Å²) in [5.41, 5.74) is 21.2. The van der Waals surface area contributed by atoms with Gasteiger partial charge in [0.1, 0.15) is 5.58 Å². The molecule has 0 radical (unpaired) electrons. The van der Waals surface area contributed by atoms with Crippen LogP contribution in [0.1, 0.15) is 50.3 Å². The largest absolute Gasteiger partial charge is 0.441 e. The van der Waals surface area contributed by atoms with Gasteiger partial charge >= 0.3 is 6.85 Å². The predicted molar refractivity (Wildman–Crippen MR) is 264 cm³/mol. The van der Waals surface area contributed by atoms with Crippen LogP contribution in [-0.2, 0) is 11.8 Å². The molecule has 0 bridgehead atoms. The fraction of sp³-hybridized carbons (Fsp3) is 0.123. The van der Waals surface area contributed by atoms with Crippen LogP contribution in [0.15, 0.2) is 162 Å². The van der Waals surface area contributed by atoms with E-state index in [4.69, 9.17) is 4.42 Å². The van der Waals surface area contributed by atoms with Gasteiger partial charge in [-0.15, -0.1) is 11.3 Å². The van der Waals surface area contributed by atoms with E-state index in [0.29, 0.717) is 0 Å². The van der Waals surface area contributed by atoms with E-state index in [9.17, 15) is 0 Å². The van der Waals surface area contributed by atoms with E-state index in [0.717, 1.165) is 17.7 Å². The highest BCUT2D eigenvalue weighted by Gasteiger charge is 2.49. The third kappa shape index (κ3) is 4.41. The zero-order valence-corrected chi connectivity index (χ0v) is 35.7. The summed E-state index contributed by atoms with van der Waals surface area (Å²) in [6, 6.07) is 59.7. The van der Waals surface area contributed by atoms with Gasteiger partial charge in [-0.25, -0.2) is 0 Å². The number of aromatic nitrogens is 1. The van der Waals surface area contributed by atoms with Gasteiger partial charge in [0.15, 0.2) is 5.71 Å². The molecular weight excluding hydrogens is 772 g/mol. The number of unbranched alkanes of at least 4 members (excludes halogenated alkanes) is 1. The fourth-order valence-electron chi connectivity index (χ4n) is 11.9. The molecular formula is C57H41BN2OS. The van der Waals surface area contributed by atoms with E-state index in [2.05, 4.69) is 188 Å².